The van der Waals surface area contributed by atoms with Crippen molar-refractivity contribution in [2.45, 2.75) is 38.5 Å². The van der Waals surface area contributed by atoms with E-state index in [1.54, 1.807) is 0 Å². The first-order chi connectivity index (χ1) is 10.9. The lowest BCUT2D eigenvalue weighted by atomic mass is 9.83. The second-order valence-corrected chi connectivity index (χ2v) is 12.9. The Labute approximate surface area is 139 Å². The Morgan fingerprint density at radius 1 is 0.957 bits per heavy atom. The predicted octanol–water partition coefficient (Wildman–Crippen LogP) is 3.50. The fourth-order valence-corrected chi connectivity index (χ4v) is 3.80. The third kappa shape index (κ3) is 2.87. The maximum atomic E-state index is 6.04. The molecule has 3 heterocycles. The van der Waals surface area contributed by atoms with Gasteiger partial charge >= 0.3 is 5.97 Å². The molecule has 0 unspecified atom stereocenters. The molecule has 4 aliphatic rings. The third-order valence-corrected chi connectivity index (χ3v) is 5.79. The molecule has 23 heavy (non-hydrogen) atoms. The van der Waals surface area contributed by atoms with E-state index in [9.17, 15) is 0 Å². The maximum Gasteiger partial charge on any atom is 0.312 e. The lowest BCUT2D eigenvalue weighted by Gasteiger charge is -2.52. The summed E-state index contributed by atoms with van der Waals surface area (Å²) in [6, 6.07) is 8.10. The molecule has 1 aliphatic carbocycles. The Morgan fingerprint density at radius 3 is 2.00 bits per heavy atom. The minimum absolute atomic E-state index is 0.102. The molecule has 1 aromatic carbocycles. The lowest BCUT2D eigenvalue weighted by Crippen LogP contribution is -2.59. The van der Waals surface area contributed by atoms with Crippen molar-refractivity contribution >= 4 is 8.07 Å². The van der Waals surface area contributed by atoms with E-state index in [2.05, 4.69) is 31.1 Å². The highest BCUT2D eigenvalue weighted by atomic mass is 28.3. The fraction of sp³-hybridized carbons (Fsp3) is 0.579. The van der Waals surface area contributed by atoms with Gasteiger partial charge in [-0.05, 0) is 43.0 Å². The summed E-state index contributed by atoms with van der Waals surface area (Å²) < 4.78 is 18.1. The Morgan fingerprint density at radius 2 is 1.52 bits per heavy atom. The van der Waals surface area contributed by atoms with Crippen LogP contribution in [-0.2, 0) is 20.2 Å². The van der Waals surface area contributed by atoms with Crippen LogP contribution in [0.1, 0.15) is 24.0 Å². The molecule has 1 saturated carbocycles. The zero-order valence-electron chi connectivity index (χ0n) is 14.1. The van der Waals surface area contributed by atoms with E-state index in [4.69, 9.17) is 14.2 Å². The summed E-state index contributed by atoms with van der Waals surface area (Å²) in [5.41, 5.74) is 5.45. The van der Waals surface area contributed by atoms with E-state index in [1.807, 2.05) is 24.3 Å². The molecule has 122 valence electrons. The number of benzene rings is 1. The average molecular weight is 328 g/mol. The zero-order valence-corrected chi connectivity index (χ0v) is 15.1. The van der Waals surface area contributed by atoms with Crippen LogP contribution in [0.25, 0.3) is 0 Å². The van der Waals surface area contributed by atoms with Crippen LogP contribution in [0.4, 0.5) is 0 Å². The molecule has 3 nitrogen and oxygen atoms in total. The molecule has 0 spiro atoms. The van der Waals surface area contributed by atoms with Gasteiger partial charge in [0.15, 0.2) is 0 Å². The Balaban J connectivity index is 1.51. The van der Waals surface area contributed by atoms with Gasteiger partial charge in [-0.2, -0.15) is 0 Å². The van der Waals surface area contributed by atoms with Crippen LogP contribution in [0.2, 0.25) is 19.6 Å². The molecule has 0 radical (unpaired) electrons. The van der Waals surface area contributed by atoms with Crippen molar-refractivity contribution in [3.8, 4) is 11.5 Å². The van der Waals surface area contributed by atoms with E-state index in [-0.39, 0.29) is 5.41 Å². The first-order valence-corrected chi connectivity index (χ1v) is 12.0. The lowest BCUT2D eigenvalue weighted by molar-refractivity contribution is -0.482. The van der Waals surface area contributed by atoms with E-state index in [0.29, 0.717) is 0 Å². The van der Waals surface area contributed by atoms with Gasteiger partial charge in [0.2, 0.25) is 0 Å². The highest BCUT2D eigenvalue weighted by Gasteiger charge is 2.58. The molecule has 3 aliphatic heterocycles. The first kappa shape index (κ1) is 15.4. The van der Waals surface area contributed by atoms with Gasteiger partial charge in [0.05, 0.1) is 19.8 Å². The van der Waals surface area contributed by atoms with Crippen molar-refractivity contribution in [3.63, 3.8) is 0 Å². The summed E-state index contributed by atoms with van der Waals surface area (Å²) in [6.45, 7) is 8.98. The molecular weight excluding hydrogens is 304 g/mol. The molecule has 4 fully saturated rings. The number of rotatable bonds is 2. The zero-order chi connectivity index (χ0) is 16.1. The SMILES string of the molecule is C[Si](C)(C)C#Cc1ccc(C23OCC(C4CC4)(CO2)CO3)cc1. The normalized spacial score (nSPS) is 33.2. The van der Waals surface area contributed by atoms with Crippen molar-refractivity contribution in [2.75, 3.05) is 19.8 Å². The van der Waals surface area contributed by atoms with Crippen LogP contribution in [-0.4, -0.2) is 27.9 Å². The van der Waals surface area contributed by atoms with Crippen LogP contribution in [0, 0.1) is 22.8 Å². The van der Waals surface area contributed by atoms with Gasteiger partial charge in [-0.15, -0.1) is 5.54 Å². The molecule has 0 aromatic heterocycles. The smallest absolute Gasteiger partial charge is 0.312 e. The van der Waals surface area contributed by atoms with Crippen molar-refractivity contribution in [1.82, 2.24) is 0 Å². The molecule has 2 bridgehead atoms. The Kier molecular flexibility index (Phi) is 3.47. The molecule has 4 heteroatoms. The largest absolute Gasteiger partial charge is 0.323 e. The van der Waals surface area contributed by atoms with Gasteiger partial charge in [-0.3, -0.25) is 0 Å². The molecule has 0 N–H and O–H groups in total. The summed E-state index contributed by atoms with van der Waals surface area (Å²) in [5, 5.41) is 0. The van der Waals surface area contributed by atoms with Crippen LogP contribution < -0.4 is 0 Å². The number of ether oxygens (including phenoxy) is 3. The van der Waals surface area contributed by atoms with E-state index >= 15 is 0 Å². The molecule has 0 amide bonds. The van der Waals surface area contributed by atoms with E-state index < -0.39 is 14.0 Å². The molecule has 1 aromatic rings. The van der Waals surface area contributed by atoms with Crippen LogP contribution in [0.5, 0.6) is 0 Å². The van der Waals surface area contributed by atoms with Crippen LogP contribution in [0.15, 0.2) is 24.3 Å². The molecular formula is C19H24O3Si. The van der Waals surface area contributed by atoms with Gasteiger partial charge in [-0.25, -0.2) is 0 Å². The maximum absolute atomic E-state index is 6.04. The summed E-state index contributed by atoms with van der Waals surface area (Å²) in [5.74, 6) is 3.00. The number of hydrogen-bond acceptors (Lipinski definition) is 3. The minimum Gasteiger partial charge on any atom is -0.323 e. The second-order valence-electron chi connectivity index (χ2n) is 8.14. The van der Waals surface area contributed by atoms with Gasteiger partial charge in [0, 0.05) is 16.5 Å². The number of fused-ring (bicyclic) bond motifs is 3. The summed E-state index contributed by atoms with van der Waals surface area (Å²) in [6.07, 6.45) is 2.57. The van der Waals surface area contributed by atoms with Crippen molar-refractivity contribution in [3.05, 3.63) is 35.4 Å². The van der Waals surface area contributed by atoms with Gasteiger partial charge in [0.25, 0.3) is 0 Å². The Bertz CT molecular complexity index is 634. The predicted molar refractivity (Wildman–Crippen MR) is 91.4 cm³/mol. The molecule has 5 rings (SSSR count). The van der Waals surface area contributed by atoms with Gasteiger partial charge in [-0.1, -0.05) is 25.6 Å². The first-order valence-electron chi connectivity index (χ1n) is 8.47. The van der Waals surface area contributed by atoms with Gasteiger partial charge < -0.3 is 14.2 Å². The average Bonchev–Trinajstić information content (AvgIpc) is 3.40. The molecule has 0 atom stereocenters. The minimum atomic E-state index is -1.35. The van der Waals surface area contributed by atoms with Crippen molar-refractivity contribution in [2.24, 2.45) is 11.3 Å². The number of hydrogen-bond donors (Lipinski definition) is 0. The summed E-state index contributed by atoms with van der Waals surface area (Å²) in [4.78, 5) is 0. The van der Waals surface area contributed by atoms with E-state index in [1.165, 1.54) is 12.8 Å². The van der Waals surface area contributed by atoms with Crippen LogP contribution >= 0.6 is 0 Å². The van der Waals surface area contributed by atoms with Crippen molar-refractivity contribution in [1.29, 1.82) is 0 Å². The quantitative estimate of drug-likeness (QED) is 0.614. The third-order valence-electron chi connectivity index (χ3n) is 4.91. The van der Waals surface area contributed by atoms with Crippen LogP contribution in [0.3, 0.4) is 0 Å². The summed E-state index contributed by atoms with van der Waals surface area (Å²) >= 11 is 0. The fourth-order valence-electron chi connectivity index (χ4n) is 3.28. The standard InChI is InChI=1S/C19H24O3Si/c1-23(2,3)11-10-15-4-6-17(7-5-15)19-20-12-18(13-21-19,14-22-19)16-8-9-16/h4-7,16H,8-9,12-14H2,1-3H3. The molecule has 3 saturated heterocycles. The van der Waals surface area contributed by atoms with E-state index in [0.717, 1.165) is 36.9 Å². The topological polar surface area (TPSA) is 27.7 Å². The second kappa shape index (κ2) is 5.19. The summed E-state index contributed by atoms with van der Waals surface area (Å²) in [7, 11) is -1.35. The van der Waals surface area contributed by atoms with Gasteiger partial charge in [0.1, 0.15) is 8.07 Å². The Hall–Kier alpha value is -1.12. The highest BCUT2D eigenvalue weighted by Crippen LogP contribution is 2.54. The van der Waals surface area contributed by atoms with Crippen molar-refractivity contribution < 1.29 is 14.2 Å². The monoisotopic (exact) mass is 328 g/mol. The highest BCUT2D eigenvalue weighted by molar-refractivity contribution is 6.83.